The highest BCUT2D eigenvalue weighted by atomic mass is 16.1. The van der Waals surface area contributed by atoms with Crippen LogP contribution in [0.5, 0.6) is 0 Å². The standard InChI is InChI=1S/C13H27NO/c1-5-7-9-11(14)13(3,4)12(15)10-8-6-2/h11H,5-10,14H2,1-4H3. The Balaban J connectivity index is 4.17. The average Bonchev–Trinajstić information content (AvgIpc) is 2.21. The van der Waals surface area contributed by atoms with Crippen molar-refractivity contribution in [2.75, 3.05) is 0 Å². The van der Waals surface area contributed by atoms with Crippen molar-refractivity contribution in [1.82, 2.24) is 0 Å². The molecular weight excluding hydrogens is 186 g/mol. The van der Waals surface area contributed by atoms with Gasteiger partial charge in [0.05, 0.1) is 0 Å². The molecule has 0 radical (unpaired) electrons. The van der Waals surface area contributed by atoms with Crippen LogP contribution in [0.1, 0.15) is 66.2 Å². The monoisotopic (exact) mass is 213 g/mol. The minimum atomic E-state index is -0.343. The summed E-state index contributed by atoms with van der Waals surface area (Å²) < 4.78 is 0. The fourth-order valence-electron chi connectivity index (χ4n) is 1.65. The quantitative estimate of drug-likeness (QED) is 0.672. The molecule has 0 saturated carbocycles. The molecular formula is C13H27NO. The van der Waals surface area contributed by atoms with Gasteiger partial charge in [0.2, 0.25) is 0 Å². The lowest BCUT2D eigenvalue weighted by Crippen LogP contribution is -2.43. The molecule has 0 aromatic heterocycles. The van der Waals surface area contributed by atoms with E-state index in [4.69, 9.17) is 5.73 Å². The molecule has 0 aliphatic heterocycles. The fourth-order valence-corrected chi connectivity index (χ4v) is 1.65. The van der Waals surface area contributed by atoms with Crippen LogP contribution in [-0.2, 0) is 4.79 Å². The summed E-state index contributed by atoms with van der Waals surface area (Å²) in [6.07, 6.45) is 5.97. The minimum absolute atomic E-state index is 0.0156. The molecule has 2 heteroatoms. The van der Waals surface area contributed by atoms with Crippen LogP contribution in [0.25, 0.3) is 0 Å². The van der Waals surface area contributed by atoms with Crippen molar-refractivity contribution in [2.45, 2.75) is 72.3 Å². The second kappa shape index (κ2) is 7.00. The van der Waals surface area contributed by atoms with E-state index >= 15 is 0 Å². The van der Waals surface area contributed by atoms with Crippen LogP contribution in [0.4, 0.5) is 0 Å². The first-order valence-corrected chi connectivity index (χ1v) is 6.25. The number of carbonyl (C=O) groups is 1. The largest absolute Gasteiger partial charge is 0.327 e. The van der Waals surface area contributed by atoms with E-state index in [0.29, 0.717) is 12.2 Å². The Kier molecular flexibility index (Phi) is 6.82. The average molecular weight is 213 g/mol. The Hall–Kier alpha value is -0.370. The summed E-state index contributed by atoms with van der Waals surface area (Å²) in [6, 6.07) is 0.0156. The van der Waals surface area contributed by atoms with Gasteiger partial charge in [-0.05, 0) is 12.8 Å². The van der Waals surface area contributed by atoms with Crippen LogP contribution >= 0.6 is 0 Å². The van der Waals surface area contributed by atoms with E-state index in [1.165, 1.54) is 0 Å². The van der Waals surface area contributed by atoms with Gasteiger partial charge in [-0.1, -0.05) is 47.0 Å². The van der Waals surface area contributed by atoms with Crippen LogP contribution in [0.15, 0.2) is 0 Å². The van der Waals surface area contributed by atoms with Crippen molar-refractivity contribution >= 4 is 5.78 Å². The van der Waals surface area contributed by atoms with Crippen LogP contribution in [0, 0.1) is 5.41 Å². The predicted octanol–water partition coefficient (Wildman–Crippen LogP) is 3.29. The van der Waals surface area contributed by atoms with Gasteiger partial charge in [0.15, 0.2) is 0 Å². The molecule has 1 unspecified atom stereocenters. The lowest BCUT2D eigenvalue weighted by Gasteiger charge is -2.30. The molecule has 2 nitrogen and oxygen atoms in total. The molecule has 0 spiro atoms. The number of rotatable bonds is 8. The van der Waals surface area contributed by atoms with E-state index < -0.39 is 0 Å². The van der Waals surface area contributed by atoms with E-state index in [-0.39, 0.29) is 11.5 Å². The summed E-state index contributed by atoms with van der Waals surface area (Å²) in [7, 11) is 0. The minimum Gasteiger partial charge on any atom is -0.327 e. The van der Waals surface area contributed by atoms with Crippen LogP contribution in [0.3, 0.4) is 0 Å². The Morgan fingerprint density at radius 1 is 1.20 bits per heavy atom. The Morgan fingerprint density at radius 3 is 2.20 bits per heavy atom. The first-order chi connectivity index (χ1) is 6.96. The van der Waals surface area contributed by atoms with Gasteiger partial charge < -0.3 is 5.73 Å². The van der Waals surface area contributed by atoms with Gasteiger partial charge in [-0.25, -0.2) is 0 Å². The molecule has 0 heterocycles. The maximum Gasteiger partial charge on any atom is 0.140 e. The molecule has 0 aromatic rings. The van der Waals surface area contributed by atoms with E-state index in [0.717, 1.165) is 32.1 Å². The van der Waals surface area contributed by atoms with Gasteiger partial charge in [-0.15, -0.1) is 0 Å². The molecule has 0 bridgehead atoms. The van der Waals surface area contributed by atoms with Crippen molar-refractivity contribution in [1.29, 1.82) is 0 Å². The molecule has 0 aromatic carbocycles. The molecule has 0 saturated heterocycles. The van der Waals surface area contributed by atoms with Crippen LogP contribution in [-0.4, -0.2) is 11.8 Å². The van der Waals surface area contributed by atoms with Crippen LogP contribution < -0.4 is 5.73 Å². The Bertz CT molecular complexity index is 187. The van der Waals surface area contributed by atoms with Gasteiger partial charge in [-0.3, -0.25) is 4.79 Å². The van der Waals surface area contributed by atoms with Crippen molar-refractivity contribution in [3.63, 3.8) is 0 Å². The number of unbranched alkanes of at least 4 members (excludes halogenated alkanes) is 2. The maximum absolute atomic E-state index is 11.9. The van der Waals surface area contributed by atoms with Crippen molar-refractivity contribution in [3.05, 3.63) is 0 Å². The summed E-state index contributed by atoms with van der Waals surface area (Å²) in [5.41, 5.74) is 5.75. The first-order valence-electron chi connectivity index (χ1n) is 6.25. The SMILES string of the molecule is CCCCC(=O)C(C)(C)C(N)CCCC. The van der Waals surface area contributed by atoms with Crippen molar-refractivity contribution in [3.8, 4) is 0 Å². The second-order valence-corrected chi connectivity index (χ2v) is 5.00. The van der Waals surface area contributed by atoms with E-state index in [1.807, 2.05) is 13.8 Å². The fraction of sp³-hybridized carbons (Fsp3) is 0.923. The lowest BCUT2D eigenvalue weighted by molar-refractivity contribution is -0.128. The Labute approximate surface area is 94.6 Å². The summed E-state index contributed by atoms with van der Waals surface area (Å²) in [4.78, 5) is 11.9. The molecule has 2 N–H and O–H groups in total. The van der Waals surface area contributed by atoms with E-state index in [1.54, 1.807) is 0 Å². The number of hydrogen-bond acceptors (Lipinski definition) is 2. The zero-order valence-electron chi connectivity index (χ0n) is 10.8. The topological polar surface area (TPSA) is 43.1 Å². The van der Waals surface area contributed by atoms with Crippen molar-refractivity contribution in [2.24, 2.45) is 11.1 Å². The van der Waals surface area contributed by atoms with Crippen molar-refractivity contribution < 1.29 is 4.79 Å². The highest BCUT2D eigenvalue weighted by molar-refractivity contribution is 5.84. The third-order valence-electron chi connectivity index (χ3n) is 3.27. The molecule has 0 aliphatic rings. The molecule has 90 valence electrons. The molecule has 0 fully saturated rings. The zero-order valence-corrected chi connectivity index (χ0v) is 10.8. The highest BCUT2D eigenvalue weighted by Gasteiger charge is 2.32. The van der Waals surface area contributed by atoms with Crippen LogP contribution in [0.2, 0.25) is 0 Å². The molecule has 0 rings (SSSR count). The maximum atomic E-state index is 11.9. The molecule has 0 aliphatic carbocycles. The summed E-state index contributed by atoms with van der Waals surface area (Å²) in [6.45, 7) is 8.24. The number of hydrogen-bond donors (Lipinski definition) is 1. The summed E-state index contributed by atoms with van der Waals surface area (Å²) >= 11 is 0. The summed E-state index contributed by atoms with van der Waals surface area (Å²) in [5.74, 6) is 0.327. The number of Topliss-reactive ketones (excluding diaryl/α,β-unsaturated/α-hetero) is 1. The number of carbonyl (C=O) groups excluding carboxylic acids is 1. The molecule has 1 atom stereocenters. The highest BCUT2D eigenvalue weighted by Crippen LogP contribution is 2.26. The van der Waals surface area contributed by atoms with E-state index in [9.17, 15) is 4.79 Å². The predicted molar refractivity (Wildman–Crippen MR) is 65.8 cm³/mol. The second-order valence-electron chi connectivity index (χ2n) is 5.00. The Morgan fingerprint density at radius 2 is 1.73 bits per heavy atom. The van der Waals surface area contributed by atoms with E-state index in [2.05, 4.69) is 13.8 Å². The lowest BCUT2D eigenvalue weighted by atomic mass is 9.77. The van der Waals surface area contributed by atoms with Gasteiger partial charge in [0.1, 0.15) is 5.78 Å². The normalized spacial score (nSPS) is 13.9. The third-order valence-corrected chi connectivity index (χ3v) is 3.27. The van der Waals surface area contributed by atoms with Gasteiger partial charge in [0, 0.05) is 17.9 Å². The van der Waals surface area contributed by atoms with Gasteiger partial charge >= 0.3 is 0 Å². The smallest absolute Gasteiger partial charge is 0.140 e. The zero-order chi connectivity index (χ0) is 11.9. The molecule has 0 amide bonds. The summed E-state index contributed by atoms with van der Waals surface area (Å²) in [5, 5.41) is 0. The van der Waals surface area contributed by atoms with Gasteiger partial charge in [0.25, 0.3) is 0 Å². The first kappa shape index (κ1) is 14.6. The third kappa shape index (κ3) is 4.78. The number of nitrogens with two attached hydrogens (primary N) is 1. The molecule has 15 heavy (non-hydrogen) atoms. The number of ketones is 1. The van der Waals surface area contributed by atoms with Gasteiger partial charge in [-0.2, -0.15) is 0 Å².